The van der Waals surface area contributed by atoms with Gasteiger partial charge in [-0.3, -0.25) is 9.59 Å². The molecule has 0 aromatic carbocycles. The zero-order chi connectivity index (χ0) is 9.84. The third kappa shape index (κ3) is 2.42. The molecule has 0 aromatic heterocycles. The zero-order valence-corrected chi connectivity index (χ0v) is 7.56. The van der Waals surface area contributed by atoms with E-state index in [9.17, 15) is 9.59 Å². The number of nitrogens with zero attached hydrogens (tertiary/aromatic N) is 2. The number of piperazine rings is 1. The number of amides is 1. The van der Waals surface area contributed by atoms with Crippen molar-refractivity contribution in [3.8, 4) is 0 Å². The van der Waals surface area contributed by atoms with Gasteiger partial charge in [0.1, 0.15) is 5.92 Å². The van der Waals surface area contributed by atoms with Gasteiger partial charge in [0.25, 0.3) is 0 Å². The third-order valence-corrected chi connectivity index (χ3v) is 2.11. The Morgan fingerprint density at radius 1 is 1.38 bits per heavy atom. The normalized spacial score (nSPS) is 19.6. The SMILES string of the molecule is CC(C(=O)O)C(=O)N1CC[N]CC1. The van der Waals surface area contributed by atoms with Crippen molar-refractivity contribution in [2.45, 2.75) is 6.92 Å². The van der Waals surface area contributed by atoms with Gasteiger partial charge in [0.05, 0.1) is 0 Å². The lowest BCUT2D eigenvalue weighted by Crippen LogP contribution is -2.47. The van der Waals surface area contributed by atoms with Crippen molar-refractivity contribution < 1.29 is 14.7 Å². The fourth-order valence-corrected chi connectivity index (χ4v) is 1.21. The summed E-state index contributed by atoms with van der Waals surface area (Å²) in [5, 5.41) is 12.7. The van der Waals surface area contributed by atoms with Crippen molar-refractivity contribution in [3.05, 3.63) is 0 Å². The molecule has 0 aliphatic carbocycles. The predicted molar refractivity (Wildman–Crippen MR) is 45.2 cm³/mol. The maximum Gasteiger partial charge on any atom is 0.315 e. The minimum atomic E-state index is -1.06. The van der Waals surface area contributed by atoms with Crippen LogP contribution in [0.1, 0.15) is 6.92 Å². The summed E-state index contributed by atoms with van der Waals surface area (Å²) in [5.74, 6) is -2.30. The summed E-state index contributed by atoms with van der Waals surface area (Å²) >= 11 is 0. The number of carbonyl (C=O) groups excluding carboxylic acids is 1. The number of carboxylic acids is 1. The molecule has 5 nitrogen and oxygen atoms in total. The van der Waals surface area contributed by atoms with Crippen molar-refractivity contribution in [2.24, 2.45) is 5.92 Å². The molecule has 1 amide bonds. The first kappa shape index (κ1) is 9.98. The second-order valence-electron chi connectivity index (χ2n) is 3.06. The van der Waals surface area contributed by atoms with Gasteiger partial charge in [-0.15, -0.1) is 0 Å². The van der Waals surface area contributed by atoms with Crippen LogP contribution in [-0.4, -0.2) is 48.1 Å². The molecule has 1 radical (unpaired) electrons. The molecule has 5 heteroatoms. The average molecular weight is 185 g/mol. The molecule has 1 unspecified atom stereocenters. The minimum Gasteiger partial charge on any atom is -0.481 e. The number of hydrogen-bond donors (Lipinski definition) is 1. The van der Waals surface area contributed by atoms with E-state index in [4.69, 9.17) is 5.11 Å². The Labute approximate surface area is 76.7 Å². The smallest absolute Gasteiger partial charge is 0.315 e. The van der Waals surface area contributed by atoms with Crippen LogP contribution >= 0.6 is 0 Å². The molecule has 1 N–H and O–H groups in total. The van der Waals surface area contributed by atoms with Crippen LogP contribution in [0.15, 0.2) is 0 Å². The summed E-state index contributed by atoms with van der Waals surface area (Å²) in [4.78, 5) is 23.5. The molecule has 73 valence electrons. The van der Waals surface area contributed by atoms with Crippen LogP contribution in [0, 0.1) is 5.92 Å². The maximum absolute atomic E-state index is 11.4. The molecule has 1 atom stereocenters. The van der Waals surface area contributed by atoms with Crippen LogP contribution in [0.25, 0.3) is 0 Å². The molecule has 0 bridgehead atoms. The van der Waals surface area contributed by atoms with Crippen LogP contribution < -0.4 is 5.32 Å². The second-order valence-corrected chi connectivity index (χ2v) is 3.06. The molecule has 1 rings (SSSR count). The van der Waals surface area contributed by atoms with Crippen molar-refractivity contribution in [1.29, 1.82) is 0 Å². The van der Waals surface area contributed by atoms with E-state index in [0.717, 1.165) is 0 Å². The van der Waals surface area contributed by atoms with Crippen LogP contribution in [0.2, 0.25) is 0 Å². The topological polar surface area (TPSA) is 71.7 Å². The molecule has 0 aromatic rings. The van der Waals surface area contributed by atoms with E-state index in [1.807, 2.05) is 0 Å². The third-order valence-electron chi connectivity index (χ3n) is 2.11. The highest BCUT2D eigenvalue weighted by atomic mass is 16.4. The zero-order valence-electron chi connectivity index (χ0n) is 7.56. The highest BCUT2D eigenvalue weighted by Gasteiger charge is 2.26. The number of aliphatic carboxylic acids is 1. The Kier molecular flexibility index (Phi) is 3.25. The van der Waals surface area contributed by atoms with E-state index in [1.54, 1.807) is 4.90 Å². The monoisotopic (exact) mass is 185 g/mol. The van der Waals surface area contributed by atoms with Crippen LogP contribution in [0.5, 0.6) is 0 Å². The van der Waals surface area contributed by atoms with Gasteiger partial charge in [-0.1, -0.05) is 0 Å². The van der Waals surface area contributed by atoms with Gasteiger partial charge in [-0.2, -0.15) is 0 Å². The Hall–Kier alpha value is -1.10. The van der Waals surface area contributed by atoms with Gasteiger partial charge in [-0.05, 0) is 6.92 Å². The van der Waals surface area contributed by atoms with E-state index in [0.29, 0.717) is 26.2 Å². The van der Waals surface area contributed by atoms with Gasteiger partial charge >= 0.3 is 5.97 Å². The lowest BCUT2D eigenvalue weighted by atomic mass is 10.1. The fraction of sp³-hybridized carbons (Fsp3) is 0.750. The summed E-state index contributed by atoms with van der Waals surface area (Å²) in [5.41, 5.74) is 0. The molecule has 1 heterocycles. The molecule has 0 spiro atoms. The van der Waals surface area contributed by atoms with E-state index in [-0.39, 0.29) is 5.91 Å². The Balaban J connectivity index is 2.50. The van der Waals surface area contributed by atoms with Crippen LogP contribution in [-0.2, 0) is 9.59 Å². The van der Waals surface area contributed by atoms with Crippen molar-refractivity contribution in [1.82, 2.24) is 10.2 Å². The average Bonchev–Trinajstić information content (AvgIpc) is 2.17. The fourth-order valence-electron chi connectivity index (χ4n) is 1.21. The maximum atomic E-state index is 11.4. The summed E-state index contributed by atoms with van der Waals surface area (Å²) in [6.45, 7) is 3.76. The predicted octanol–water partition coefficient (Wildman–Crippen LogP) is -0.846. The minimum absolute atomic E-state index is 0.303. The van der Waals surface area contributed by atoms with Gasteiger partial charge in [0.2, 0.25) is 5.91 Å². The Bertz CT molecular complexity index is 211. The lowest BCUT2D eigenvalue weighted by Gasteiger charge is -2.27. The first-order chi connectivity index (χ1) is 6.13. The van der Waals surface area contributed by atoms with E-state index in [1.165, 1.54) is 6.92 Å². The molecule has 1 aliphatic heterocycles. The molecule has 1 fully saturated rings. The number of carbonyl (C=O) groups is 2. The molecular weight excluding hydrogens is 172 g/mol. The second kappa shape index (κ2) is 4.23. The summed E-state index contributed by atoms with van der Waals surface area (Å²) in [7, 11) is 0. The van der Waals surface area contributed by atoms with E-state index in [2.05, 4.69) is 5.32 Å². The standard InChI is InChI=1S/C8H13N2O3/c1-6(8(12)13)7(11)10-4-2-9-3-5-10/h6H,2-5H2,1H3,(H,12,13). The lowest BCUT2D eigenvalue weighted by molar-refractivity contribution is -0.150. The highest BCUT2D eigenvalue weighted by molar-refractivity contribution is 5.96. The summed E-state index contributed by atoms with van der Waals surface area (Å²) in [6, 6.07) is 0. The summed E-state index contributed by atoms with van der Waals surface area (Å²) in [6.07, 6.45) is 0. The van der Waals surface area contributed by atoms with Gasteiger partial charge in [0.15, 0.2) is 0 Å². The van der Waals surface area contributed by atoms with Crippen molar-refractivity contribution >= 4 is 11.9 Å². The summed E-state index contributed by atoms with van der Waals surface area (Å²) < 4.78 is 0. The van der Waals surface area contributed by atoms with Gasteiger partial charge < -0.3 is 10.0 Å². The van der Waals surface area contributed by atoms with E-state index >= 15 is 0 Å². The highest BCUT2D eigenvalue weighted by Crippen LogP contribution is 2.04. The Morgan fingerprint density at radius 2 is 1.92 bits per heavy atom. The first-order valence-corrected chi connectivity index (χ1v) is 4.28. The van der Waals surface area contributed by atoms with Crippen LogP contribution in [0.3, 0.4) is 0 Å². The largest absolute Gasteiger partial charge is 0.481 e. The molecule has 0 saturated carbocycles. The van der Waals surface area contributed by atoms with Crippen molar-refractivity contribution in [3.63, 3.8) is 0 Å². The Morgan fingerprint density at radius 3 is 2.38 bits per heavy atom. The van der Waals surface area contributed by atoms with E-state index < -0.39 is 11.9 Å². The van der Waals surface area contributed by atoms with Crippen molar-refractivity contribution in [2.75, 3.05) is 26.2 Å². The van der Waals surface area contributed by atoms with Gasteiger partial charge in [-0.25, -0.2) is 5.32 Å². The van der Waals surface area contributed by atoms with Gasteiger partial charge in [0, 0.05) is 26.2 Å². The molecule has 1 saturated heterocycles. The number of hydrogen-bond acceptors (Lipinski definition) is 2. The number of carboxylic acid groups (broad SMARTS) is 1. The molecule has 1 aliphatic rings. The number of rotatable bonds is 2. The quantitative estimate of drug-likeness (QED) is 0.570. The molecular formula is C8H13N2O3. The first-order valence-electron chi connectivity index (χ1n) is 4.28. The van der Waals surface area contributed by atoms with Crippen LogP contribution in [0.4, 0.5) is 0 Å². The molecule has 13 heavy (non-hydrogen) atoms.